The molecule has 1 saturated carbocycles. The number of primary amides is 1. The Labute approximate surface area is 243 Å². The number of halogens is 4. The van der Waals surface area contributed by atoms with Crippen LogP contribution in [0.1, 0.15) is 50.4 Å². The number of nitrogens with two attached hydrogens (primary N) is 1. The number of nitrogens with one attached hydrogen (secondary N) is 1. The third kappa shape index (κ3) is 5.81. The molecule has 2 amide bonds. The van der Waals surface area contributed by atoms with Crippen LogP contribution in [0.25, 0.3) is 22.1 Å². The van der Waals surface area contributed by atoms with Crippen molar-refractivity contribution in [2.45, 2.75) is 31.2 Å². The van der Waals surface area contributed by atoms with Crippen molar-refractivity contribution in [1.82, 2.24) is 5.32 Å². The van der Waals surface area contributed by atoms with Gasteiger partial charge in [0.1, 0.15) is 22.9 Å². The number of furan rings is 1. The van der Waals surface area contributed by atoms with Gasteiger partial charge in [0.05, 0.1) is 11.1 Å². The highest BCUT2D eigenvalue weighted by Gasteiger charge is 2.45. The van der Waals surface area contributed by atoms with E-state index in [9.17, 15) is 27.2 Å². The standard InChI is InChI=1S/C33H24F4N2O4/c34-23-10-6-19(7-11-23)16-28-29(30(38)40)25-17-20(8-12-26(25)42-28)24-18-21(9-13-27(24)43-33(35,36)37)31(41)39-32(14-15-32)22-4-2-1-3-5-22/h1-13,17-18H,14-16H2,(H2,38,40)(H,39,41). The first-order valence-corrected chi connectivity index (χ1v) is 13.4. The quantitative estimate of drug-likeness (QED) is 0.187. The maximum absolute atomic E-state index is 13.4. The number of carbonyl (C=O) groups excluding carboxylic acids is 2. The Morgan fingerprint density at radius 1 is 0.930 bits per heavy atom. The van der Waals surface area contributed by atoms with E-state index >= 15 is 0 Å². The molecule has 0 aliphatic heterocycles. The molecule has 1 fully saturated rings. The number of rotatable bonds is 8. The molecule has 43 heavy (non-hydrogen) atoms. The minimum Gasteiger partial charge on any atom is -0.460 e. The van der Waals surface area contributed by atoms with Crippen LogP contribution < -0.4 is 15.8 Å². The van der Waals surface area contributed by atoms with Gasteiger partial charge in [0.25, 0.3) is 11.8 Å². The van der Waals surface area contributed by atoms with E-state index in [-0.39, 0.29) is 45.4 Å². The van der Waals surface area contributed by atoms with Crippen molar-refractivity contribution < 1.29 is 36.3 Å². The Balaban J connectivity index is 1.40. The van der Waals surface area contributed by atoms with E-state index in [1.807, 2.05) is 30.3 Å². The number of carbonyl (C=O) groups is 2. The highest BCUT2D eigenvalue weighted by molar-refractivity contribution is 6.07. The van der Waals surface area contributed by atoms with Crippen LogP contribution in [0.5, 0.6) is 5.75 Å². The van der Waals surface area contributed by atoms with E-state index in [0.717, 1.165) is 24.5 Å². The maximum Gasteiger partial charge on any atom is 0.573 e. The minimum atomic E-state index is -5.00. The summed E-state index contributed by atoms with van der Waals surface area (Å²) in [5.74, 6) is -1.98. The van der Waals surface area contributed by atoms with Crippen LogP contribution in [-0.2, 0) is 12.0 Å². The normalized spacial score (nSPS) is 14.0. The summed E-state index contributed by atoms with van der Waals surface area (Å²) in [6, 6.07) is 23.3. The third-order valence-corrected chi connectivity index (χ3v) is 7.49. The molecular weight excluding hydrogens is 564 g/mol. The molecule has 1 heterocycles. The Bertz CT molecular complexity index is 1840. The van der Waals surface area contributed by atoms with Crippen molar-refractivity contribution in [3.63, 3.8) is 0 Å². The summed E-state index contributed by atoms with van der Waals surface area (Å²) in [6.45, 7) is 0. The van der Waals surface area contributed by atoms with Gasteiger partial charge in [-0.2, -0.15) is 0 Å². The highest BCUT2D eigenvalue weighted by atomic mass is 19.4. The number of ether oxygens (including phenoxy) is 1. The first kappa shape index (κ1) is 28.0. The summed E-state index contributed by atoms with van der Waals surface area (Å²) < 4.78 is 63.7. The van der Waals surface area contributed by atoms with E-state index in [4.69, 9.17) is 10.2 Å². The van der Waals surface area contributed by atoms with Gasteiger partial charge in [-0.1, -0.05) is 48.5 Å². The molecule has 6 rings (SSSR count). The van der Waals surface area contributed by atoms with Crippen LogP contribution in [0.15, 0.2) is 95.4 Å². The summed E-state index contributed by atoms with van der Waals surface area (Å²) in [5, 5.41) is 3.30. The SMILES string of the molecule is NC(=O)c1c(Cc2ccc(F)cc2)oc2ccc(-c3cc(C(=O)NC4(c5ccccc5)CC4)ccc3OC(F)(F)F)cc12. The fraction of sp³-hybridized carbons (Fsp3) is 0.152. The Morgan fingerprint density at radius 3 is 2.30 bits per heavy atom. The van der Waals surface area contributed by atoms with Gasteiger partial charge in [0.2, 0.25) is 0 Å². The van der Waals surface area contributed by atoms with Crippen molar-refractivity contribution >= 4 is 22.8 Å². The molecule has 10 heteroatoms. The molecule has 0 unspecified atom stereocenters. The summed E-state index contributed by atoms with van der Waals surface area (Å²) in [7, 11) is 0. The van der Waals surface area contributed by atoms with Gasteiger partial charge >= 0.3 is 6.36 Å². The second-order valence-electron chi connectivity index (χ2n) is 10.4. The maximum atomic E-state index is 13.4. The van der Waals surface area contributed by atoms with Crippen LogP contribution in [0.2, 0.25) is 0 Å². The van der Waals surface area contributed by atoms with Crippen molar-refractivity contribution in [3.8, 4) is 16.9 Å². The zero-order valence-corrected chi connectivity index (χ0v) is 22.5. The van der Waals surface area contributed by atoms with Crippen molar-refractivity contribution in [2.75, 3.05) is 0 Å². The van der Waals surface area contributed by atoms with Crippen LogP contribution in [0.3, 0.4) is 0 Å². The first-order valence-electron chi connectivity index (χ1n) is 13.4. The zero-order chi connectivity index (χ0) is 30.4. The molecule has 0 bridgehead atoms. The van der Waals surface area contributed by atoms with E-state index < -0.39 is 35.3 Å². The fourth-order valence-corrected chi connectivity index (χ4v) is 5.27. The number of fused-ring (bicyclic) bond motifs is 1. The molecule has 0 radical (unpaired) electrons. The minimum absolute atomic E-state index is 0.0202. The first-order chi connectivity index (χ1) is 20.5. The molecule has 6 nitrogen and oxygen atoms in total. The van der Waals surface area contributed by atoms with Crippen LogP contribution in [-0.4, -0.2) is 18.2 Å². The number of amides is 2. The van der Waals surface area contributed by atoms with Gasteiger partial charge in [-0.05, 0) is 72.0 Å². The Morgan fingerprint density at radius 2 is 1.65 bits per heavy atom. The Kier molecular flexibility index (Phi) is 6.92. The molecule has 1 aliphatic carbocycles. The average Bonchev–Trinajstić information content (AvgIpc) is 3.66. The van der Waals surface area contributed by atoms with Gasteiger partial charge < -0.3 is 20.2 Å². The van der Waals surface area contributed by atoms with E-state index in [2.05, 4.69) is 10.1 Å². The molecule has 3 N–H and O–H groups in total. The number of hydrogen-bond acceptors (Lipinski definition) is 4. The lowest BCUT2D eigenvalue weighted by atomic mass is 9.97. The molecular formula is C33H24F4N2O4. The lowest BCUT2D eigenvalue weighted by molar-refractivity contribution is -0.274. The second-order valence-corrected chi connectivity index (χ2v) is 10.4. The van der Waals surface area contributed by atoms with Crippen molar-refractivity contribution in [2.24, 2.45) is 5.73 Å². The Hall–Kier alpha value is -5.12. The summed E-state index contributed by atoms with van der Waals surface area (Å²) in [5.41, 5.74) is 7.44. The van der Waals surface area contributed by atoms with Crippen LogP contribution in [0.4, 0.5) is 17.6 Å². The van der Waals surface area contributed by atoms with E-state index in [1.165, 1.54) is 42.5 Å². The molecule has 5 aromatic rings. The largest absolute Gasteiger partial charge is 0.573 e. The van der Waals surface area contributed by atoms with E-state index in [1.54, 1.807) is 12.1 Å². The third-order valence-electron chi connectivity index (χ3n) is 7.49. The monoisotopic (exact) mass is 588 g/mol. The van der Waals surface area contributed by atoms with Crippen molar-refractivity contribution in [1.29, 1.82) is 0 Å². The summed E-state index contributed by atoms with van der Waals surface area (Å²) in [6.07, 6.45) is -3.40. The lowest BCUT2D eigenvalue weighted by Crippen LogP contribution is -2.34. The summed E-state index contributed by atoms with van der Waals surface area (Å²) in [4.78, 5) is 25.9. The zero-order valence-electron chi connectivity index (χ0n) is 22.5. The predicted molar refractivity (Wildman–Crippen MR) is 151 cm³/mol. The number of benzene rings is 4. The molecule has 0 spiro atoms. The van der Waals surface area contributed by atoms with Gasteiger partial charge in [-0.15, -0.1) is 13.2 Å². The topological polar surface area (TPSA) is 94.6 Å². The van der Waals surface area contributed by atoms with Gasteiger partial charge in [-0.25, -0.2) is 4.39 Å². The van der Waals surface area contributed by atoms with Gasteiger partial charge in [0.15, 0.2) is 0 Å². The molecule has 1 aliphatic rings. The second kappa shape index (κ2) is 10.6. The molecule has 0 saturated heterocycles. The number of alkyl halides is 3. The lowest BCUT2D eigenvalue weighted by Gasteiger charge is -2.19. The average molecular weight is 589 g/mol. The molecule has 218 valence electrons. The fourth-order valence-electron chi connectivity index (χ4n) is 5.27. The number of hydrogen-bond donors (Lipinski definition) is 2. The van der Waals surface area contributed by atoms with Gasteiger partial charge in [0, 0.05) is 22.9 Å². The van der Waals surface area contributed by atoms with Crippen LogP contribution >= 0.6 is 0 Å². The molecule has 4 aromatic carbocycles. The molecule has 1 aromatic heterocycles. The predicted octanol–water partition coefficient (Wildman–Crippen LogP) is 7.25. The smallest absolute Gasteiger partial charge is 0.460 e. The van der Waals surface area contributed by atoms with Crippen LogP contribution in [0, 0.1) is 5.82 Å². The van der Waals surface area contributed by atoms with Gasteiger partial charge in [-0.3, -0.25) is 9.59 Å². The summed E-state index contributed by atoms with van der Waals surface area (Å²) >= 11 is 0. The highest BCUT2D eigenvalue weighted by Crippen LogP contribution is 2.46. The molecule has 0 atom stereocenters. The van der Waals surface area contributed by atoms with Crippen molar-refractivity contribution in [3.05, 3.63) is 125 Å². The van der Waals surface area contributed by atoms with E-state index in [0.29, 0.717) is 5.56 Å².